The number of ether oxygens (including phenoxy) is 2. The number of hydrogen-bond acceptors (Lipinski definition) is 6. The number of furan rings is 1. The Kier molecular flexibility index (Phi) is 7.78. The molecule has 1 aromatic heterocycles. The number of rotatable bonds is 10. The highest BCUT2D eigenvalue weighted by molar-refractivity contribution is 6.46. The summed E-state index contributed by atoms with van der Waals surface area (Å²) in [5, 5.41) is 11.4. The molecule has 3 aromatic carbocycles. The van der Waals surface area contributed by atoms with Gasteiger partial charge in [0.25, 0.3) is 11.7 Å². The van der Waals surface area contributed by atoms with E-state index in [9.17, 15) is 14.7 Å². The molecule has 0 aliphatic carbocycles. The number of aliphatic hydroxyl groups excluding tert-OH is 1. The van der Waals surface area contributed by atoms with Crippen LogP contribution in [0.15, 0.2) is 107 Å². The number of amides is 1. The van der Waals surface area contributed by atoms with Crippen LogP contribution in [0.3, 0.4) is 0 Å². The first-order valence-electron chi connectivity index (χ1n) is 12.9. The van der Waals surface area contributed by atoms with Crippen LogP contribution in [-0.2, 0) is 22.7 Å². The van der Waals surface area contributed by atoms with Crippen LogP contribution in [0.1, 0.15) is 41.8 Å². The van der Waals surface area contributed by atoms with Crippen molar-refractivity contribution in [2.24, 2.45) is 0 Å². The average Bonchev–Trinajstić information content (AvgIpc) is 3.58. The second-order valence-electron chi connectivity index (χ2n) is 9.23. The molecule has 4 aromatic rings. The van der Waals surface area contributed by atoms with E-state index in [-0.39, 0.29) is 17.9 Å². The molecule has 1 aliphatic heterocycles. The summed E-state index contributed by atoms with van der Waals surface area (Å²) >= 11 is 0. The largest absolute Gasteiger partial charge is 0.507 e. The Bertz CT molecular complexity index is 1480. The van der Waals surface area contributed by atoms with Gasteiger partial charge in [0.15, 0.2) is 0 Å². The maximum Gasteiger partial charge on any atom is 0.296 e. The highest BCUT2D eigenvalue weighted by atomic mass is 16.5. The van der Waals surface area contributed by atoms with Gasteiger partial charge >= 0.3 is 0 Å². The topological polar surface area (TPSA) is 89.2 Å². The number of Topliss-reactive ketones (excluding diaryl/α,β-unsaturated/α-hetero) is 1. The Hall–Kier alpha value is -4.78. The van der Waals surface area contributed by atoms with Crippen LogP contribution >= 0.6 is 0 Å². The molecule has 0 saturated carbocycles. The molecular weight excluding hydrogens is 494 g/mol. The highest BCUT2D eigenvalue weighted by Crippen LogP contribution is 2.41. The monoisotopic (exact) mass is 523 g/mol. The first kappa shape index (κ1) is 25.9. The standard InChI is InChI=1S/C32H29NO6/c1-2-16-37-25-13-7-12-24(19-25)30(34)28-29(33(32(36)31(28)35)20-27-15-8-17-38-27)23-11-6-14-26(18-23)39-21-22-9-4-3-5-10-22/h3-15,17-19,29,34H,2,16,20-21H2,1H3/b30-28-. The van der Waals surface area contributed by atoms with Gasteiger partial charge in [-0.1, -0.05) is 61.5 Å². The van der Waals surface area contributed by atoms with Gasteiger partial charge in [0.05, 0.1) is 31.0 Å². The fourth-order valence-corrected chi connectivity index (χ4v) is 4.58. The van der Waals surface area contributed by atoms with Crippen LogP contribution in [0.4, 0.5) is 0 Å². The van der Waals surface area contributed by atoms with Gasteiger partial charge in [-0.3, -0.25) is 9.59 Å². The summed E-state index contributed by atoms with van der Waals surface area (Å²) in [5.41, 5.74) is 2.03. The number of nitrogens with zero attached hydrogens (tertiary/aromatic N) is 1. The van der Waals surface area contributed by atoms with E-state index in [4.69, 9.17) is 13.9 Å². The molecule has 1 aliphatic rings. The van der Waals surface area contributed by atoms with Crippen molar-refractivity contribution in [3.63, 3.8) is 0 Å². The molecule has 0 radical (unpaired) electrons. The number of hydrogen-bond donors (Lipinski definition) is 1. The van der Waals surface area contributed by atoms with Crippen molar-refractivity contribution in [2.75, 3.05) is 6.61 Å². The van der Waals surface area contributed by atoms with E-state index < -0.39 is 17.7 Å². The number of carbonyl (C=O) groups is 2. The third-order valence-electron chi connectivity index (χ3n) is 6.45. The van der Waals surface area contributed by atoms with E-state index in [0.29, 0.717) is 41.6 Å². The third-order valence-corrected chi connectivity index (χ3v) is 6.45. The molecule has 1 atom stereocenters. The van der Waals surface area contributed by atoms with Crippen LogP contribution < -0.4 is 9.47 Å². The summed E-state index contributed by atoms with van der Waals surface area (Å²) < 4.78 is 17.2. The normalized spacial score (nSPS) is 16.4. The van der Waals surface area contributed by atoms with E-state index in [1.54, 1.807) is 42.5 Å². The van der Waals surface area contributed by atoms with Crippen molar-refractivity contribution in [1.82, 2.24) is 4.90 Å². The lowest BCUT2D eigenvalue weighted by molar-refractivity contribution is -0.140. The first-order chi connectivity index (χ1) is 19.0. The smallest absolute Gasteiger partial charge is 0.296 e. The lowest BCUT2D eigenvalue weighted by atomic mass is 9.95. The molecule has 198 valence electrons. The fourth-order valence-electron chi connectivity index (χ4n) is 4.58. The summed E-state index contributed by atoms with van der Waals surface area (Å²) in [6, 6.07) is 26.5. The Morgan fingerprint density at radius 1 is 0.897 bits per heavy atom. The summed E-state index contributed by atoms with van der Waals surface area (Å²) in [7, 11) is 0. The Morgan fingerprint density at radius 3 is 2.41 bits per heavy atom. The minimum atomic E-state index is -0.851. The fraction of sp³-hybridized carbons (Fsp3) is 0.188. The van der Waals surface area contributed by atoms with Gasteiger partial charge < -0.3 is 23.9 Å². The zero-order valence-corrected chi connectivity index (χ0v) is 21.6. The summed E-state index contributed by atoms with van der Waals surface area (Å²) in [6.07, 6.45) is 2.34. The number of aliphatic hydroxyl groups is 1. The van der Waals surface area contributed by atoms with E-state index in [2.05, 4.69) is 0 Å². The average molecular weight is 524 g/mol. The van der Waals surface area contributed by atoms with Crippen molar-refractivity contribution < 1.29 is 28.6 Å². The Morgan fingerprint density at radius 2 is 1.67 bits per heavy atom. The predicted octanol–water partition coefficient (Wildman–Crippen LogP) is 6.27. The molecule has 0 bridgehead atoms. The molecule has 1 fully saturated rings. The number of ketones is 1. The molecule has 7 heteroatoms. The van der Waals surface area contributed by atoms with Crippen molar-refractivity contribution in [1.29, 1.82) is 0 Å². The van der Waals surface area contributed by atoms with Crippen molar-refractivity contribution in [2.45, 2.75) is 32.5 Å². The number of benzene rings is 3. The predicted molar refractivity (Wildman–Crippen MR) is 146 cm³/mol. The molecule has 39 heavy (non-hydrogen) atoms. The third kappa shape index (κ3) is 5.72. The van der Waals surface area contributed by atoms with Gasteiger partial charge in [-0.2, -0.15) is 0 Å². The van der Waals surface area contributed by atoms with Crippen LogP contribution in [0.5, 0.6) is 11.5 Å². The molecule has 1 N–H and O–H groups in total. The molecule has 0 spiro atoms. The van der Waals surface area contributed by atoms with E-state index in [1.165, 1.54) is 11.2 Å². The van der Waals surface area contributed by atoms with Gasteiger partial charge in [-0.25, -0.2) is 0 Å². The summed E-state index contributed by atoms with van der Waals surface area (Å²) in [6.45, 7) is 2.95. The van der Waals surface area contributed by atoms with Crippen LogP contribution in [-0.4, -0.2) is 28.3 Å². The second kappa shape index (κ2) is 11.7. The Balaban J connectivity index is 1.54. The maximum atomic E-state index is 13.4. The molecule has 1 unspecified atom stereocenters. The molecule has 1 saturated heterocycles. The van der Waals surface area contributed by atoms with Gasteiger partial charge in [-0.15, -0.1) is 0 Å². The molecule has 7 nitrogen and oxygen atoms in total. The van der Waals surface area contributed by atoms with E-state index in [0.717, 1.165) is 12.0 Å². The SMILES string of the molecule is CCCOc1cccc(/C(O)=C2/C(=O)C(=O)N(Cc3ccco3)C2c2cccc(OCc3ccccc3)c2)c1. The minimum absolute atomic E-state index is 0.000549. The molecule has 2 heterocycles. The van der Waals surface area contributed by atoms with E-state index >= 15 is 0 Å². The van der Waals surface area contributed by atoms with Crippen LogP contribution in [0.25, 0.3) is 5.76 Å². The highest BCUT2D eigenvalue weighted by Gasteiger charge is 2.46. The van der Waals surface area contributed by atoms with Gasteiger partial charge in [-0.05, 0) is 53.9 Å². The zero-order valence-electron chi connectivity index (χ0n) is 21.6. The van der Waals surface area contributed by atoms with Crippen LogP contribution in [0, 0.1) is 0 Å². The van der Waals surface area contributed by atoms with Crippen molar-refractivity contribution in [3.8, 4) is 11.5 Å². The second-order valence-corrected chi connectivity index (χ2v) is 9.23. The zero-order chi connectivity index (χ0) is 27.2. The molecular formula is C32H29NO6. The maximum absolute atomic E-state index is 13.4. The van der Waals surface area contributed by atoms with E-state index in [1.807, 2.05) is 55.5 Å². The van der Waals surface area contributed by atoms with Gasteiger partial charge in [0.2, 0.25) is 0 Å². The van der Waals surface area contributed by atoms with Crippen LogP contribution in [0.2, 0.25) is 0 Å². The number of likely N-dealkylation sites (tertiary alicyclic amines) is 1. The summed E-state index contributed by atoms with van der Waals surface area (Å²) in [4.78, 5) is 28.1. The summed E-state index contributed by atoms with van der Waals surface area (Å²) in [5.74, 6) is -0.0776. The lowest BCUT2D eigenvalue weighted by Crippen LogP contribution is -2.29. The minimum Gasteiger partial charge on any atom is -0.507 e. The number of carbonyl (C=O) groups excluding carboxylic acids is 2. The molecule has 1 amide bonds. The molecule has 5 rings (SSSR count). The van der Waals surface area contributed by atoms with Gasteiger partial charge in [0.1, 0.15) is 29.6 Å². The Labute approximate surface area is 226 Å². The van der Waals surface area contributed by atoms with Crippen molar-refractivity contribution >= 4 is 17.4 Å². The van der Waals surface area contributed by atoms with Crippen molar-refractivity contribution in [3.05, 3.63) is 125 Å². The lowest BCUT2D eigenvalue weighted by Gasteiger charge is -2.25. The quantitative estimate of drug-likeness (QED) is 0.150. The van der Waals surface area contributed by atoms with Gasteiger partial charge in [0, 0.05) is 5.56 Å². The first-order valence-corrected chi connectivity index (χ1v) is 12.9.